The van der Waals surface area contributed by atoms with Gasteiger partial charge in [0.15, 0.2) is 0 Å². The lowest BCUT2D eigenvalue weighted by Crippen LogP contribution is -2.36. The molecule has 1 aliphatic heterocycles. The van der Waals surface area contributed by atoms with Crippen molar-refractivity contribution >= 4 is 6.29 Å². The molecule has 0 aliphatic carbocycles. The highest BCUT2D eigenvalue weighted by Gasteiger charge is 2.21. The molecule has 1 aliphatic rings. The Hall–Kier alpha value is -0.630. The summed E-state index contributed by atoms with van der Waals surface area (Å²) in [5.41, 5.74) is 1.30. The molecule has 0 amide bonds. The largest absolute Gasteiger partial charge is 0.303 e. The fourth-order valence-corrected chi connectivity index (χ4v) is 1.93. The molecule has 0 aromatic rings. The Labute approximate surface area is 80.6 Å². The third-order valence-electron chi connectivity index (χ3n) is 2.71. The maximum absolute atomic E-state index is 10.7. The van der Waals surface area contributed by atoms with Crippen molar-refractivity contribution in [2.24, 2.45) is 5.92 Å². The van der Waals surface area contributed by atoms with Crippen molar-refractivity contribution in [3.8, 4) is 0 Å². The van der Waals surface area contributed by atoms with Crippen LogP contribution in [0.2, 0.25) is 0 Å². The molecule has 1 heterocycles. The standard InChI is InChI=1S/C11H19NO/c1-3-6-12-7-5-11(9-13)10(4-2)8-12/h4,9,11H,3,5-8H2,1-2H3/b10-4-/t11-/m0/s1. The van der Waals surface area contributed by atoms with Gasteiger partial charge in [0.25, 0.3) is 0 Å². The molecule has 74 valence electrons. The molecule has 0 aromatic heterocycles. The van der Waals surface area contributed by atoms with Crippen molar-refractivity contribution in [3.05, 3.63) is 11.6 Å². The zero-order valence-electron chi connectivity index (χ0n) is 8.62. The fraction of sp³-hybridized carbons (Fsp3) is 0.727. The molecular formula is C11H19NO. The van der Waals surface area contributed by atoms with Crippen LogP contribution in [0.25, 0.3) is 0 Å². The number of rotatable bonds is 3. The highest BCUT2D eigenvalue weighted by Crippen LogP contribution is 2.20. The summed E-state index contributed by atoms with van der Waals surface area (Å²) in [5, 5.41) is 0. The van der Waals surface area contributed by atoms with Crippen LogP contribution in [0.15, 0.2) is 11.6 Å². The van der Waals surface area contributed by atoms with Gasteiger partial charge in [-0.05, 0) is 32.9 Å². The normalized spacial score (nSPS) is 27.8. The number of piperidine rings is 1. The number of carbonyl (C=O) groups is 1. The van der Waals surface area contributed by atoms with Crippen LogP contribution >= 0.6 is 0 Å². The molecule has 0 spiro atoms. The Morgan fingerprint density at radius 1 is 1.62 bits per heavy atom. The van der Waals surface area contributed by atoms with Crippen molar-refractivity contribution in [1.82, 2.24) is 4.90 Å². The lowest BCUT2D eigenvalue weighted by atomic mass is 9.92. The zero-order chi connectivity index (χ0) is 9.68. The minimum Gasteiger partial charge on any atom is -0.303 e. The zero-order valence-corrected chi connectivity index (χ0v) is 8.62. The Kier molecular flexibility index (Phi) is 4.16. The quantitative estimate of drug-likeness (QED) is 0.489. The van der Waals surface area contributed by atoms with Crippen LogP contribution in [0.4, 0.5) is 0 Å². The van der Waals surface area contributed by atoms with Crippen molar-refractivity contribution in [1.29, 1.82) is 0 Å². The minimum atomic E-state index is 0.193. The summed E-state index contributed by atoms with van der Waals surface area (Å²) in [6.45, 7) is 7.45. The van der Waals surface area contributed by atoms with Crippen molar-refractivity contribution in [2.45, 2.75) is 26.7 Å². The molecule has 0 bridgehead atoms. The van der Waals surface area contributed by atoms with Crippen LogP contribution in [-0.4, -0.2) is 30.8 Å². The van der Waals surface area contributed by atoms with E-state index in [0.29, 0.717) is 0 Å². The molecule has 2 heteroatoms. The average Bonchev–Trinajstić information content (AvgIpc) is 2.18. The van der Waals surface area contributed by atoms with Crippen molar-refractivity contribution in [2.75, 3.05) is 19.6 Å². The SMILES string of the molecule is C/C=C1/CN(CCC)CC[C@H]1C=O. The number of carbonyl (C=O) groups excluding carboxylic acids is 1. The molecule has 1 fully saturated rings. The predicted molar refractivity (Wildman–Crippen MR) is 54.7 cm³/mol. The van der Waals surface area contributed by atoms with E-state index < -0.39 is 0 Å². The number of nitrogens with zero attached hydrogens (tertiary/aromatic N) is 1. The number of aldehydes is 1. The number of likely N-dealkylation sites (tertiary alicyclic amines) is 1. The van der Waals surface area contributed by atoms with Crippen LogP contribution in [-0.2, 0) is 4.79 Å². The van der Waals surface area contributed by atoms with Crippen LogP contribution in [0.5, 0.6) is 0 Å². The van der Waals surface area contributed by atoms with Gasteiger partial charge < -0.3 is 4.79 Å². The number of hydrogen-bond acceptors (Lipinski definition) is 2. The highest BCUT2D eigenvalue weighted by atomic mass is 16.1. The summed E-state index contributed by atoms with van der Waals surface area (Å²) in [4.78, 5) is 13.2. The predicted octanol–water partition coefficient (Wildman–Crippen LogP) is 1.86. The van der Waals surface area contributed by atoms with Gasteiger partial charge in [0.2, 0.25) is 0 Å². The summed E-state index contributed by atoms with van der Waals surface area (Å²) in [6, 6.07) is 0. The van der Waals surface area contributed by atoms with Gasteiger partial charge >= 0.3 is 0 Å². The van der Waals surface area contributed by atoms with Gasteiger partial charge in [-0.15, -0.1) is 0 Å². The van der Waals surface area contributed by atoms with Gasteiger partial charge in [0, 0.05) is 12.5 Å². The Bertz CT molecular complexity index is 198. The molecule has 13 heavy (non-hydrogen) atoms. The van der Waals surface area contributed by atoms with E-state index in [0.717, 1.165) is 32.3 Å². The topological polar surface area (TPSA) is 20.3 Å². The molecule has 0 aromatic carbocycles. The molecule has 1 rings (SSSR count). The smallest absolute Gasteiger partial charge is 0.127 e. The molecule has 2 nitrogen and oxygen atoms in total. The summed E-state index contributed by atoms with van der Waals surface area (Å²) in [7, 11) is 0. The molecule has 0 saturated carbocycles. The number of allylic oxidation sites excluding steroid dienone is 1. The molecule has 0 N–H and O–H groups in total. The lowest BCUT2D eigenvalue weighted by molar-refractivity contribution is -0.110. The average molecular weight is 181 g/mol. The Morgan fingerprint density at radius 3 is 2.92 bits per heavy atom. The summed E-state index contributed by atoms with van der Waals surface area (Å²) < 4.78 is 0. The first kappa shape index (κ1) is 10.5. The van der Waals surface area contributed by atoms with Crippen LogP contribution in [0.3, 0.4) is 0 Å². The van der Waals surface area contributed by atoms with Gasteiger partial charge in [-0.3, -0.25) is 4.90 Å². The van der Waals surface area contributed by atoms with E-state index in [1.807, 2.05) is 6.92 Å². The van der Waals surface area contributed by atoms with Gasteiger partial charge in [0.05, 0.1) is 0 Å². The van der Waals surface area contributed by atoms with E-state index in [1.165, 1.54) is 12.0 Å². The molecular weight excluding hydrogens is 162 g/mol. The second-order valence-electron chi connectivity index (χ2n) is 3.67. The first-order valence-electron chi connectivity index (χ1n) is 5.14. The first-order chi connectivity index (χ1) is 6.31. The molecule has 0 unspecified atom stereocenters. The van der Waals surface area contributed by atoms with E-state index in [1.54, 1.807) is 0 Å². The number of hydrogen-bond donors (Lipinski definition) is 0. The van der Waals surface area contributed by atoms with E-state index >= 15 is 0 Å². The van der Waals surface area contributed by atoms with Gasteiger partial charge in [-0.1, -0.05) is 18.6 Å². The highest BCUT2D eigenvalue weighted by molar-refractivity contribution is 5.59. The monoisotopic (exact) mass is 181 g/mol. The molecule has 1 atom stereocenters. The molecule has 0 radical (unpaired) electrons. The minimum absolute atomic E-state index is 0.193. The summed E-state index contributed by atoms with van der Waals surface area (Å²) >= 11 is 0. The molecule has 1 saturated heterocycles. The lowest BCUT2D eigenvalue weighted by Gasteiger charge is -2.31. The van der Waals surface area contributed by atoms with Gasteiger partial charge in [-0.25, -0.2) is 0 Å². The van der Waals surface area contributed by atoms with Gasteiger partial charge in [0.1, 0.15) is 6.29 Å². The third-order valence-corrected chi connectivity index (χ3v) is 2.71. The maximum atomic E-state index is 10.7. The van der Waals surface area contributed by atoms with E-state index in [2.05, 4.69) is 17.9 Å². The third kappa shape index (κ3) is 2.66. The van der Waals surface area contributed by atoms with E-state index in [4.69, 9.17) is 0 Å². The maximum Gasteiger partial charge on any atom is 0.127 e. The second kappa shape index (κ2) is 5.18. The van der Waals surface area contributed by atoms with E-state index in [-0.39, 0.29) is 5.92 Å². The van der Waals surface area contributed by atoms with Crippen LogP contribution in [0.1, 0.15) is 26.7 Å². The van der Waals surface area contributed by atoms with Gasteiger partial charge in [-0.2, -0.15) is 0 Å². The first-order valence-corrected chi connectivity index (χ1v) is 5.14. The van der Waals surface area contributed by atoms with Crippen molar-refractivity contribution < 1.29 is 4.79 Å². The summed E-state index contributed by atoms with van der Waals surface area (Å²) in [6.07, 6.45) is 5.39. The Morgan fingerprint density at radius 2 is 2.38 bits per heavy atom. The second-order valence-corrected chi connectivity index (χ2v) is 3.67. The summed E-state index contributed by atoms with van der Waals surface area (Å²) in [5.74, 6) is 0.193. The Balaban J connectivity index is 2.53. The van der Waals surface area contributed by atoms with Crippen LogP contribution in [0, 0.1) is 5.92 Å². The van der Waals surface area contributed by atoms with E-state index in [9.17, 15) is 4.79 Å². The van der Waals surface area contributed by atoms with Crippen molar-refractivity contribution in [3.63, 3.8) is 0 Å². The van der Waals surface area contributed by atoms with Crippen LogP contribution < -0.4 is 0 Å². The fourth-order valence-electron chi connectivity index (χ4n) is 1.93.